The quantitative estimate of drug-likeness (QED) is 0.478. The van der Waals surface area contributed by atoms with E-state index in [1.54, 1.807) is 6.07 Å². The monoisotopic (exact) mass is 406 g/mol. The smallest absolute Gasteiger partial charge is 0.168 e. The lowest BCUT2D eigenvalue weighted by Gasteiger charge is -2.49. The van der Waals surface area contributed by atoms with Crippen LogP contribution in [0.25, 0.3) is 0 Å². The van der Waals surface area contributed by atoms with Gasteiger partial charge in [-0.15, -0.1) is 0 Å². The van der Waals surface area contributed by atoms with Crippen molar-refractivity contribution in [2.45, 2.75) is 95.2 Å². The van der Waals surface area contributed by atoms with Crippen molar-refractivity contribution in [3.63, 3.8) is 0 Å². The predicted octanol–water partition coefficient (Wildman–Crippen LogP) is 6.91. The molecule has 0 N–H and O–H groups in total. The van der Waals surface area contributed by atoms with Crippen molar-refractivity contribution >= 4 is 0 Å². The van der Waals surface area contributed by atoms with Crippen molar-refractivity contribution in [2.24, 2.45) is 11.8 Å². The fourth-order valence-corrected chi connectivity index (χ4v) is 6.35. The minimum Gasteiger partial charge on any atom is -0.348 e. The van der Waals surface area contributed by atoms with Gasteiger partial charge in [0.2, 0.25) is 0 Å². The van der Waals surface area contributed by atoms with E-state index in [9.17, 15) is 4.39 Å². The molecular formula is C25H36F2O2. The molecule has 1 aliphatic heterocycles. The van der Waals surface area contributed by atoms with Crippen LogP contribution in [-0.2, 0) is 14.9 Å². The van der Waals surface area contributed by atoms with Gasteiger partial charge < -0.3 is 9.47 Å². The first-order chi connectivity index (χ1) is 14.1. The fraction of sp³-hybridized carbons (Fsp3) is 0.760. The largest absolute Gasteiger partial charge is 0.348 e. The van der Waals surface area contributed by atoms with Crippen molar-refractivity contribution < 1.29 is 18.3 Å². The topological polar surface area (TPSA) is 18.5 Å². The molecule has 0 amide bonds. The zero-order valence-corrected chi connectivity index (χ0v) is 17.9. The molecule has 0 radical (unpaired) electrons. The molecule has 1 saturated heterocycles. The number of hydrogen-bond acceptors (Lipinski definition) is 2. The van der Waals surface area contributed by atoms with Gasteiger partial charge in [-0.25, -0.2) is 8.78 Å². The molecule has 0 unspecified atom stereocenters. The number of unbranched alkanes of at least 4 members (excludes halogenated alkanes) is 2. The van der Waals surface area contributed by atoms with Gasteiger partial charge in [-0.1, -0.05) is 44.7 Å². The summed E-state index contributed by atoms with van der Waals surface area (Å²) in [5.74, 6) is -0.626. The van der Waals surface area contributed by atoms with Crippen LogP contribution in [0.2, 0.25) is 0 Å². The fourth-order valence-electron chi connectivity index (χ4n) is 6.35. The standard InChI is InChI=1S/C25H36F2O2/c1-2-3-4-6-19-9-13-24(14-10-19,21-7-5-8-22(26)23(21)27)20-11-15-25(16-12-20)28-17-18-29-25/h5,7-8,19-20H,2-4,6,9-18H2,1H3. The van der Waals surface area contributed by atoms with Gasteiger partial charge in [0.1, 0.15) is 0 Å². The molecule has 4 rings (SSSR count). The van der Waals surface area contributed by atoms with Gasteiger partial charge in [0, 0.05) is 18.3 Å². The Morgan fingerprint density at radius 2 is 1.62 bits per heavy atom. The Bertz CT molecular complexity index is 665. The van der Waals surface area contributed by atoms with Crippen molar-refractivity contribution in [2.75, 3.05) is 13.2 Å². The third-order valence-electron chi connectivity index (χ3n) is 8.04. The lowest BCUT2D eigenvalue weighted by molar-refractivity contribution is -0.186. The van der Waals surface area contributed by atoms with E-state index in [0.29, 0.717) is 24.7 Å². The molecule has 1 aromatic carbocycles. The average Bonchev–Trinajstić information content (AvgIpc) is 3.19. The average molecular weight is 407 g/mol. The maximum absolute atomic E-state index is 15.0. The highest BCUT2D eigenvalue weighted by Gasteiger charge is 2.49. The van der Waals surface area contributed by atoms with E-state index in [2.05, 4.69) is 6.92 Å². The minimum absolute atomic E-state index is 0.242. The number of benzene rings is 1. The van der Waals surface area contributed by atoms with E-state index in [1.807, 2.05) is 6.07 Å². The van der Waals surface area contributed by atoms with E-state index in [1.165, 1.54) is 31.7 Å². The molecule has 1 aromatic rings. The van der Waals surface area contributed by atoms with Crippen LogP contribution in [0.1, 0.15) is 89.5 Å². The highest BCUT2D eigenvalue weighted by Crippen LogP contribution is 2.54. The summed E-state index contributed by atoms with van der Waals surface area (Å²) in [6.07, 6.45) is 13.0. The molecule has 3 aliphatic rings. The molecule has 0 atom stereocenters. The normalized spacial score (nSPS) is 30.1. The third kappa shape index (κ3) is 4.25. The minimum atomic E-state index is -0.707. The predicted molar refractivity (Wildman–Crippen MR) is 111 cm³/mol. The Balaban J connectivity index is 1.54. The number of ether oxygens (including phenoxy) is 2. The SMILES string of the molecule is CCCCCC1CCC(c2cccc(F)c2F)(C2CCC3(CC2)OCCO3)CC1. The van der Waals surface area contributed by atoms with Gasteiger partial charge in [0.25, 0.3) is 0 Å². The lowest BCUT2D eigenvalue weighted by Crippen LogP contribution is -2.45. The van der Waals surface area contributed by atoms with Crippen LogP contribution in [0.3, 0.4) is 0 Å². The molecule has 1 heterocycles. The van der Waals surface area contributed by atoms with Crippen LogP contribution in [0.15, 0.2) is 18.2 Å². The molecule has 3 fully saturated rings. The molecule has 162 valence electrons. The van der Waals surface area contributed by atoms with Crippen molar-refractivity contribution in [1.29, 1.82) is 0 Å². The van der Waals surface area contributed by atoms with Gasteiger partial charge in [0.05, 0.1) is 13.2 Å². The summed E-state index contributed by atoms with van der Waals surface area (Å²) in [6.45, 7) is 3.59. The number of rotatable bonds is 6. The zero-order chi connectivity index (χ0) is 20.3. The van der Waals surface area contributed by atoms with Gasteiger partial charge in [-0.2, -0.15) is 0 Å². The molecule has 2 aliphatic carbocycles. The van der Waals surface area contributed by atoms with E-state index < -0.39 is 17.4 Å². The summed E-state index contributed by atoms with van der Waals surface area (Å²) in [7, 11) is 0. The van der Waals surface area contributed by atoms with Crippen LogP contribution in [0.5, 0.6) is 0 Å². The summed E-state index contributed by atoms with van der Waals surface area (Å²) in [5, 5.41) is 0. The Labute approximate surface area is 174 Å². The van der Waals surface area contributed by atoms with E-state index in [4.69, 9.17) is 9.47 Å². The molecule has 1 spiro atoms. The summed E-state index contributed by atoms with van der Waals surface area (Å²) >= 11 is 0. The second-order valence-corrected chi connectivity index (χ2v) is 9.58. The van der Waals surface area contributed by atoms with Gasteiger partial charge in [-0.3, -0.25) is 0 Å². The van der Waals surface area contributed by atoms with Gasteiger partial charge in [0.15, 0.2) is 17.4 Å². The molecule has 0 bridgehead atoms. The summed E-state index contributed by atoms with van der Waals surface area (Å²) in [5.41, 5.74) is 0.381. The van der Waals surface area contributed by atoms with Crippen molar-refractivity contribution in [3.8, 4) is 0 Å². The maximum Gasteiger partial charge on any atom is 0.168 e. The molecule has 0 aromatic heterocycles. The first-order valence-corrected chi connectivity index (χ1v) is 11.8. The molecule has 2 nitrogen and oxygen atoms in total. The van der Waals surface area contributed by atoms with E-state index in [-0.39, 0.29) is 5.41 Å². The molecule has 29 heavy (non-hydrogen) atoms. The second kappa shape index (κ2) is 9.01. The maximum atomic E-state index is 15.0. The Hall–Kier alpha value is -1.00. The second-order valence-electron chi connectivity index (χ2n) is 9.58. The van der Waals surface area contributed by atoms with E-state index >= 15 is 4.39 Å². The van der Waals surface area contributed by atoms with Crippen LogP contribution in [0.4, 0.5) is 8.78 Å². The van der Waals surface area contributed by atoms with Crippen LogP contribution >= 0.6 is 0 Å². The van der Waals surface area contributed by atoms with Crippen LogP contribution < -0.4 is 0 Å². The van der Waals surface area contributed by atoms with Crippen molar-refractivity contribution in [1.82, 2.24) is 0 Å². The first kappa shape index (κ1) is 21.2. The highest BCUT2D eigenvalue weighted by molar-refractivity contribution is 5.30. The lowest BCUT2D eigenvalue weighted by atomic mass is 9.56. The highest BCUT2D eigenvalue weighted by atomic mass is 19.2. The third-order valence-corrected chi connectivity index (χ3v) is 8.04. The zero-order valence-electron chi connectivity index (χ0n) is 17.9. The summed E-state index contributed by atoms with van der Waals surface area (Å²) in [6, 6.07) is 4.79. The Morgan fingerprint density at radius 3 is 2.28 bits per heavy atom. The molecule has 4 heteroatoms. The Kier molecular flexibility index (Phi) is 6.60. The first-order valence-electron chi connectivity index (χ1n) is 11.8. The molecular weight excluding hydrogens is 370 g/mol. The van der Waals surface area contributed by atoms with Gasteiger partial charge in [-0.05, 0) is 62.0 Å². The van der Waals surface area contributed by atoms with Crippen LogP contribution in [0, 0.1) is 23.5 Å². The number of halogens is 2. The van der Waals surface area contributed by atoms with Crippen molar-refractivity contribution in [3.05, 3.63) is 35.4 Å². The van der Waals surface area contributed by atoms with E-state index in [0.717, 1.165) is 57.3 Å². The summed E-state index contributed by atoms with van der Waals surface area (Å²) in [4.78, 5) is 0. The van der Waals surface area contributed by atoms with Crippen LogP contribution in [-0.4, -0.2) is 19.0 Å². The van der Waals surface area contributed by atoms with Gasteiger partial charge >= 0.3 is 0 Å². The molecule has 2 saturated carbocycles. The number of hydrogen-bond donors (Lipinski definition) is 0. The Morgan fingerprint density at radius 1 is 0.931 bits per heavy atom. The summed E-state index contributed by atoms with van der Waals surface area (Å²) < 4.78 is 41.0.